The van der Waals surface area contributed by atoms with Gasteiger partial charge in [-0.05, 0) is 12.1 Å². The number of nitriles is 1. The molecule has 1 aromatic heterocycles. The number of hydrogen-bond acceptors (Lipinski definition) is 5. The molecule has 7 heteroatoms. The van der Waals surface area contributed by atoms with Gasteiger partial charge in [0.1, 0.15) is 6.07 Å². The number of nitrogens with one attached hydrogen (secondary N) is 2. The zero-order valence-electron chi connectivity index (χ0n) is 8.11. The first-order valence-electron chi connectivity index (χ1n) is 4.46. The maximum absolute atomic E-state index is 8.93. The Morgan fingerprint density at radius 1 is 1.50 bits per heavy atom. The van der Waals surface area contributed by atoms with E-state index in [0.29, 0.717) is 28.6 Å². The van der Waals surface area contributed by atoms with Gasteiger partial charge >= 0.3 is 0 Å². The SMILES string of the molecule is N#Cc1c(Cl)cccc1NCc1nn[nH]n1. The summed E-state index contributed by atoms with van der Waals surface area (Å²) in [6.45, 7) is 0.380. The van der Waals surface area contributed by atoms with E-state index in [2.05, 4.69) is 25.9 Å². The van der Waals surface area contributed by atoms with Gasteiger partial charge in [0.25, 0.3) is 0 Å². The van der Waals surface area contributed by atoms with Crippen LogP contribution in [0, 0.1) is 11.3 Å². The standard InChI is InChI=1S/C9H7ClN6/c10-7-2-1-3-8(6(7)4-11)12-5-9-13-15-16-14-9/h1-3,12H,5H2,(H,13,14,15,16). The number of hydrogen-bond donors (Lipinski definition) is 2. The minimum absolute atomic E-state index is 0.380. The molecule has 80 valence electrons. The molecule has 1 aromatic carbocycles. The van der Waals surface area contributed by atoms with Crippen LogP contribution in [0.4, 0.5) is 5.69 Å². The quantitative estimate of drug-likeness (QED) is 0.836. The molecule has 0 aliphatic rings. The average molecular weight is 235 g/mol. The fourth-order valence-corrected chi connectivity index (χ4v) is 1.43. The number of H-pyrrole nitrogens is 1. The molecule has 0 amide bonds. The number of rotatable bonds is 3. The molecule has 2 rings (SSSR count). The van der Waals surface area contributed by atoms with Crippen molar-refractivity contribution in [3.8, 4) is 6.07 Å². The molecule has 0 radical (unpaired) electrons. The highest BCUT2D eigenvalue weighted by atomic mass is 35.5. The zero-order valence-corrected chi connectivity index (χ0v) is 8.86. The van der Waals surface area contributed by atoms with E-state index in [1.54, 1.807) is 18.2 Å². The van der Waals surface area contributed by atoms with Crippen molar-refractivity contribution >= 4 is 17.3 Å². The predicted octanol–water partition coefficient (Wildman–Crippen LogP) is 1.34. The lowest BCUT2D eigenvalue weighted by molar-refractivity contribution is 0.881. The highest BCUT2D eigenvalue weighted by Gasteiger charge is 2.06. The Hall–Kier alpha value is -2.13. The molecule has 0 spiro atoms. The van der Waals surface area contributed by atoms with Crippen LogP contribution in [0.25, 0.3) is 0 Å². The number of anilines is 1. The van der Waals surface area contributed by atoms with Crippen LogP contribution in [0.2, 0.25) is 5.02 Å². The third-order valence-corrected chi connectivity index (χ3v) is 2.27. The van der Waals surface area contributed by atoms with Crippen molar-refractivity contribution in [3.63, 3.8) is 0 Å². The smallest absolute Gasteiger partial charge is 0.193 e. The molecule has 2 aromatic rings. The summed E-state index contributed by atoms with van der Waals surface area (Å²) >= 11 is 5.88. The fraction of sp³-hybridized carbons (Fsp3) is 0.111. The Morgan fingerprint density at radius 3 is 3.06 bits per heavy atom. The Labute approximate surface area is 96.2 Å². The molecule has 0 saturated heterocycles. The maximum atomic E-state index is 8.93. The van der Waals surface area contributed by atoms with Crippen molar-refractivity contribution < 1.29 is 0 Å². The van der Waals surface area contributed by atoms with Crippen molar-refractivity contribution in [1.29, 1.82) is 5.26 Å². The van der Waals surface area contributed by atoms with Crippen LogP contribution in [0.15, 0.2) is 18.2 Å². The van der Waals surface area contributed by atoms with Gasteiger partial charge in [0.2, 0.25) is 0 Å². The van der Waals surface area contributed by atoms with Crippen LogP contribution in [0.3, 0.4) is 0 Å². The summed E-state index contributed by atoms with van der Waals surface area (Å²) in [5.41, 5.74) is 1.06. The lowest BCUT2D eigenvalue weighted by Gasteiger charge is -2.06. The number of benzene rings is 1. The van der Waals surface area contributed by atoms with Crippen LogP contribution in [-0.4, -0.2) is 20.6 Å². The van der Waals surface area contributed by atoms with Crippen molar-refractivity contribution in [2.45, 2.75) is 6.54 Å². The van der Waals surface area contributed by atoms with Crippen LogP contribution in [0.5, 0.6) is 0 Å². The zero-order chi connectivity index (χ0) is 11.4. The number of tetrazole rings is 1. The first kappa shape index (κ1) is 10.4. The van der Waals surface area contributed by atoms with Gasteiger partial charge in [0, 0.05) is 0 Å². The molecular formula is C9H7ClN6. The van der Waals surface area contributed by atoms with Crippen molar-refractivity contribution in [2.24, 2.45) is 0 Å². The molecular weight excluding hydrogens is 228 g/mol. The predicted molar refractivity (Wildman–Crippen MR) is 57.7 cm³/mol. The summed E-state index contributed by atoms with van der Waals surface area (Å²) < 4.78 is 0. The van der Waals surface area contributed by atoms with E-state index in [1.807, 2.05) is 6.07 Å². The molecule has 0 bridgehead atoms. The number of aromatic nitrogens is 4. The lowest BCUT2D eigenvalue weighted by atomic mass is 10.2. The second-order valence-corrected chi connectivity index (χ2v) is 3.36. The summed E-state index contributed by atoms with van der Waals surface area (Å²) in [5.74, 6) is 0.517. The van der Waals surface area contributed by atoms with E-state index < -0.39 is 0 Å². The summed E-state index contributed by atoms with van der Waals surface area (Å²) in [6, 6.07) is 7.24. The van der Waals surface area contributed by atoms with E-state index in [-0.39, 0.29) is 0 Å². The maximum Gasteiger partial charge on any atom is 0.193 e. The molecule has 0 aliphatic heterocycles. The second kappa shape index (κ2) is 4.59. The summed E-state index contributed by atoms with van der Waals surface area (Å²) in [7, 11) is 0. The molecule has 16 heavy (non-hydrogen) atoms. The highest BCUT2D eigenvalue weighted by Crippen LogP contribution is 2.23. The number of aromatic amines is 1. The van der Waals surface area contributed by atoms with Gasteiger partial charge in [-0.2, -0.15) is 10.5 Å². The van der Waals surface area contributed by atoms with Gasteiger partial charge in [0.15, 0.2) is 5.82 Å². The van der Waals surface area contributed by atoms with E-state index >= 15 is 0 Å². The van der Waals surface area contributed by atoms with Crippen LogP contribution >= 0.6 is 11.6 Å². The Balaban J connectivity index is 2.16. The molecule has 0 unspecified atom stereocenters. The molecule has 0 atom stereocenters. The van der Waals surface area contributed by atoms with Gasteiger partial charge in [-0.15, -0.1) is 10.2 Å². The first-order valence-corrected chi connectivity index (χ1v) is 4.84. The van der Waals surface area contributed by atoms with Crippen LogP contribution < -0.4 is 5.32 Å². The minimum atomic E-state index is 0.380. The van der Waals surface area contributed by atoms with Crippen molar-refractivity contribution in [2.75, 3.05) is 5.32 Å². The van der Waals surface area contributed by atoms with Crippen molar-refractivity contribution in [1.82, 2.24) is 20.6 Å². The van der Waals surface area contributed by atoms with Crippen LogP contribution in [-0.2, 0) is 6.54 Å². The Kier molecular flexibility index (Phi) is 2.98. The third-order valence-electron chi connectivity index (χ3n) is 1.95. The molecule has 0 aliphatic carbocycles. The largest absolute Gasteiger partial charge is 0.376 e. The Morgan fingerprint density at radius 2 is 2.38 bits per heavy atom. The minimum Gasteiger partial charge on any atom is -0.376 e. The second-order valence-electron chi connectivity index (χ2n) is 2.96. The average Bonchev–Trinajstić information content (AvgIpc) is 2.79. The van der Waals surface area contributed by atoms with Gasteiger partial charge in [-0.1, -0.05) is 22.9 Å². The van der Waals surface area contributed by atoms with E-state index in [0.717, 1.165) is 0 Å². The van der Waals surface area contributed by atoms with Gasteiger partial charge < -0.3 is 5.32 Å². The molecule has 1 heterocycles. The third kappa shape index (κ3) is 2.10. The Bertz CT molecular complexity index is 515. The fourth-order valence-electron chi connectivity index (χ4n) is 1.22. The number of nitrogens with zero attached hydrogens (tertiary/aromatic N) is 4. The van der Waals surface area contributed by atoms with Crippen molar-refractivity contribution in [3.05, 3.63) is 34.6 Å². The summed E-state index contributed by atoms with van der Waals surface area (Å²) in [4.78, 5) is 0. The lowest BCUT2D eigenvalue weighted by Crippen LogP contribution is -2.03. The monoisotopic (exact) mass is 234 g/mol. The molecule has 6 nitrogen and oxygen atoms in total. The van der Waals surface area contributed by atoms with Crippen LogP contribution in [0.1, 0.15) is 11.4 Å². The highest BCUT2D eigenvalue weighted by molar-refractivity contribution is 6.32. The van der Waals surface area contributed by atoms with E-state index in [1.165, 1.54) is 0 Å². The molecule has 2 N–H and O–H groups in total. The first-order chi connectivity index (χ1) is 7.81. The normalized spacial score (nSPS) is 9.75. The summed E-state index contributed by atoms with van der Waals surface area (Å²) in [6.07, 6.45) is 0. The van der Waals surface area contributed by atoms with E-state index in [9.17, 15) is 0 Å². The molecule has 0 saturated carbocycles. The van der Waals surface area contributed by atoms with Gasteiger partial charge in [0.05, 0.1) is 22.8 Å². The van der Waals surface area contributed by atoms with Gasteiger partial charge in [-0.3, -0.25) is 0 Å². The van der Waals surface area contributed by atoms with Gasteiger partial charge in [-0.25, -0.2) is 0 Å². The van der Waals surface area contributed by atoms with E-state index in [4.69, 9.17) is 16.9 Å². The topological polar surface area (TPSA) is 90.3 Å². The number of halogens is 1. The molecule has 0 fully saturated rings. The summed E-state index contributed by atoms with van der Waals surface area (Å²) in [5, 5.41) is 25.7.